The topological polar surface area (TPSA) is 68.0 Å². The first-order valence-corrected chi connectivity index (χ1v) is 6.26. The molecule has 0 spiro atoms. The van der Waals surface area contributed by atoms with Gasteiger partial charge in [-0.1, -0.05) is 23.7 Å². The Morgan fingerprint density at radius 1 is 1.30 bits per heavy atom. The van der Waals surface area contributed by atoms with Crippen molar-refractivity contribution in [3.05, 3.63) is 47.2 Å². The highest BCUT2D eigenvalue weighted by Gasteiger charge is 2.14. The lowest BCUT2D eigenvalue weighted by Crippen LogP contribution is -2.03. The van der Waals surface area contributed by atoms with Crippen LogP contribution in [0.25, 0.3) is 22.2 Å². The van der Waals surface area contributed by atoms with E-state index in [9.17, 15) is 9.90 Å². The molecule has 0 unspecified atom stereocenters. The zero-order valence-corrected chi connectivity index (χ0v) is 11.3. The summed E-state index contributed by atoms with van der Waals surface area (Å²) in [7, 11) is 1.73. The molecule has 0 radical (unpaired) electrons. The number of pyridine rings is 1. The van der Waals surface area contributed by atoms with E-state index in [1.807, 2.05) is 12.1 Å². The number of carboxylic acid groups (broad SMARTS) is 1. The largest absolute Gasteiger partial charge is 0.477 e. The van der Waals surface area contributed by atoms with Gasteiger partial charge < -0.3 is 5.11 Å². The number of benzene rings is 1. The predicted molar refractivity (Wildman–Crippen MR) is 75.9 cm³/mol. The van der Waals surface area contributed by atoms with Gasteiger partial charge in [0.2, 0.25) is 0 Å². The molecule has 5 nitrogen and oxygen atoms in total. The lowest BCUT2D eigenvalue weighted by Gasteiger charge is -2.06. The van der Waals surface area contributed by atoms with Crippen LogP contribution in [0.15, 0.2) is 36.5 Å². The van der Waals surface area contributed by atoms with Crippen LogP contribution in [-0.2, 0) is 7.05 Å². The Labute approximate surface area is 119 Å². The van der Waals surface area contributed by atoms with E-state index in [4.69, 9.17) is 11.6 Å². The van der Waals surface area contributed by atoms with Gasteiger partial charge in [0.15, 0.2) is 11.3 Å². The summed E-state index contributed by atoms with van der Waals surface area (Å²) in [4.78, 5) is 15.3. The van der Waals surface area contributed by atoms with Gasteiger partial charge in [-0.25, -0.2) is 9.78 Å². The van der Waals surface area contributed by atoms with Crippen molar-refractivity contribution >= 4 is 28.6 Å². The Morgan fingerprint density at radius 3 is 2.65 bits per heavy atom. The molecule has 0 fully saturated rings. The Hall–Kier alpha value is -2.40. The van der Waals surface area contributed by atoms with Gasteiger partial charge in [0.1, 0.15) is 0 Å². The molecule has 0 saturated carbocycles. The lowest BCUT2D eigenvalue weighted by atomic mass is 10.0. The molecular weight excluding hydrogens is 278 g/mol. The van der Waals surface area contributed by atoms with Gasteiger partial charge in [0, 0.05) is 17.5 Å². The molecule has 0 saturated heterocycles. The SMILES string of the molecule is Cn1ncc2c(-c3ccc(Cl)cc3)cc(C(=O)O)nc21. The Balaban J connectivity index is 2.33. The highest BCUT2D eigenvalue weighted by Crippen LogP contribution is 2.29. The number of nitrogens with zero attached hydrogens (tertiary/aromatic N) is 3. The first kappa shape index (κ1) is 12.6. The zero-order chi connectivity index (χ0) is 14.3. The molecule has 0 aliphatic carbocycles. The number of aryl methyl sites for hydroxylation is 1. The van der Waals surface area contributed by atoms with E-state index < -0.39 is 5.97 Å². The van der Waals surface area contributed by atoms with Gasteiger partial charge in [0.05, 0.1) is 6.20 Å². The van der Waals surface area contributed by atoms with E-state index in [2.05, 4.69) is 10.1 Å². The zero-order valence-electron chi connectivity index (χ0n) is 10.5. The predicted octanol–water partition coefficient (Wildman–Crippen LogP) is 2.99. The third-order valence-corrected chi connectivity index (χ3v) is 3.33. The first-order chi connectivity index (χ1) is 9.56. The summed E-state index contributed by atoms with van der Waals surface area (Å²) in [6.45, 7) is 0. The van der Waals surface area contributed by atoms with Crippen LogP contribution >= 0.6 is 11.6 Å². The summed E-state index contributed by atoms with van der Waals surface area (Å²) in [5, 5.41) is 14.7. The molecule has 0 amide bonds. The van der Waals surface area contributed by atoms with Crippen molar-refractivity contribution in [1.29, 1.82) is 0 Å². The summed E-state index contributed by atoms with van der Waals surface area (Å²) >= 11 is 5.88. The third kappa shape index (κ3) is 2.02. The van der Waals surface area contributed by atoms with E-state index >= 15 is 0 Å². The molecular formula is C14H10ClN3O2. The van der Waals surface area contributed by atoms with Gasteiger partial charge in [-0.3, -0.25) is 4.68 Å². The van der Waals surface area contributed by atoms with Gasteiger partial charge in [-0.2, -0.15) is 5.10 Å². The maximum Gasteiger partial charge on any atom is 0.354 e. The molecule has 100 valence electrons. The summed E-state index contributed by atoms with van der Waals surface area (Å²) in [6.07, 6.45) is 1.68. The van der Waals surface area contributed by atoms with Crippen LogP contribution in [0.2, 0.25) is 5.02 Å². The Kier molecular flexibility index (Phi) is 2.91. The minimum absolute atomic E-state index is 0.00829. The molecule has 6 heteroatoms. The molecule has 2 heterocycles. The molecule has 0 aliphatic rings. The average Bonchev–Trinajstić information content (AvgIpc) is 2.80. The van der Waals surface area contributed by atoms with Crippen LogP contribution in [0, 0.1) is 0 Å². The fourth-order valence-corrected chi connectivity index (χ4v) is 2.22. The van der Waals surface area contributed by atoms with E-state index in [1.54, 1.807) is 36.1 Å². The van der Waals surface area contributed by atoms with Gasteiger partial charge in [0.25, 0.3) is 0 Å². The molecule has 2 aromatic heterocycles. The summed E-state index contributed by atoms with van der Waals surface area (Å²) in [6, 6.07) is 8.76. The van der Waals surface area contributed by atoms with E-state index in [0.717, 1.165) is 16.5 Å². The minimum atomic E-state index is -1.07. The number of carboxylic acids is 1. The Morgan fingerprint density at radius 2 is 2.00 bits per heavy atom. The molecule has 1 N–H and O–H groups in total. The number of aromatic nitrogens is 3. The molecule has 1 aromatic carbocycles. The van der Waals surface area contributed by atoms with Crippen molar-refractivity contribution in [2.75, 3.05) is 0 Å². The first-order valence-electron chi connectivity index (χ1n) is 5.88. The Bertz CT molecular complexity index is 809. The van der Waals surface area contributed by atoms with Crippen LogP contribution in [0.5, 0.6) is 0 Å². The standard InChI is InChI=1S/C14H10ClN3O2/c1-18-13-11(7-16-18)10(6-12(17-13)14(19)20)8-2-4-9(15)5-3-8/h2-7H,1H3,(H,19,20). The van der Waals surface area contributed by atoms with Crippen molar-refractivity contribution in [2.24, 2.45) is 7.05 Å². The van der Waals surface area contributed by atoms with E-state index in [-0.39, 0.29) is 5.69 Å². The van der Waals surface area contributed by atoms with Crippen molar-refractivity contribution in [2.45, 2.75) is 0 Å². The lowest BCUT2D eigenvalue weighted by molar-refractivity contribution is 0.0691. The summed E-state index contributed by atoms with van der Waals surface area (Å²) in [5.74, 6) is -1.07. The number of rotatable bonds is 2. The molecule has 20 heavy (non-hydrogen) atoms. The van der Waals surface area contributed by atoms with Crippen LogP contribution in [0.1, 0.15) is 10.5 Å². The van der Waals surface area contributed by atoms with Gasteiger partial charge in [-0.05, 0) is 29.3 Å². The molecule has 0 aliphatic heterocycles. The quantitative estimate of drug-likeness (QED) is 0.787. The van der Waals surface area contributed by atoms with Crippen molar-refractivity contribution in [3.8, 4) is 11.1 Å². The molecule has 3 rings (SSSR count). The van der Waals surface area contributed by atoms with E-state index in [0.29, 0.717) is 10.7 Å². The number of halogens is 1. The summed E-state index contributed by atoms with van der Waals surface area (Å²) in [5.41, 5.74) is 2.18. The molecule has 0 bridgehead atoms. The third-order valence-electron chi connectivity index (χ3n) is 3.08. The second-order valence-corrected chi connectivity index (χ2v) is 4.81. The van der Waals surface area contributed by atoms with Gasteiger partial charge in [-0.15, -0.1) is 0 Å². The van der Waals surface area contributed by atoms with Gasteiger partial charge >= 0.3 is 5.97 Å². The maximum absolute atomic E-state index is 11.2. The number of hydrogen-bond acceptors (Lipinski definition) is 3. The fourth-order valence-electron chi connectivity index (χ4n) is 2.09. The second-order valence-electron chi connectivity index (χ2n) is 4.37. The van der Waals surface area contributed by atoms with Crippen LogP contribution in [0.4, 0.5) is 0 Å². The second kappa shape index (κ2) is 4.61. The minimum Gasteiger partial charge on any atom is -0.477 e. The van der Waals surface area contributed by atoms with Crippen LogP contribution < -0.4 is 0 Å². The average molecular weight is 288 g/mol. The normalized spacial score (nSPS) is 10.9. The fraction of sp³-hybridized carbons (Fsp3) is 0.0714. The maximum atomic E-state index is 11.2. The van der Waals surface area contributed by atoms with Crippen LogP contribution in [0.3, 0.4) is 0 Å². The highest BCUT2D eigenvalue weighted by molar-refractivity contribution is 6.30. The summed E-state index contributed by atoms with van der Waals surface area (Å²) < 4.78 is 1.56. The van der Waals surface area contributed by atoms with Crippen molar-refractivity contribution < 1.29 is 9.90 Å². The molecule has 3 aromatic rings. The van der Waals surface area contributed by atoms with Crippen LogP contribution in [-0.4, -0.2) is 25.8 Å². The smallest absolute Gasteiger partial charge is 0.354 e. The van der Waals surface area contributed by atoms with E-state index in [1.165, 1.54) is 0 Å². The van der Waals surface area contributed by atoms with Crippen molar-refractivity contribution in [1.82, 2.24) is 14.8 Å². The number of hydrogen-bond donors (Lipinski definition) is 1. The number of carbonyl (C=O) groups is 1. The monoisotopic (exact) mass is 287 g/mol. The molecule has 0 atom stereocenters. The number of fused-ring (bicyclic) bond motifs is 1. The van der Waals surface area contributed by atoms with Crippen molar-refractivity contribution in [3.63, 3.8) is 0 Å². The highest BCUT2D eigenvalue weighted by atomic mass is 35.5. The number of aromatic carboxylic acids is 1.